The molecule has 0 atom stereocenters. The summed E-state index contributed by atoms with van der Waals surface area (Å²) in [5, 5.41) is 8.93. The van der Waals surface area contributed by atoms with E-state index in [0.29, 0.717) is 17.8 Å². The van der Waals surface area contributed by atoms with Gasteiger partial charge in [0.15, 0.2) is 17.0 Å². The van der Waals surface area contributed by atoms with E-state index in [9.17, 15) is 4.79 Å². The zero-order valence-electron chi connectivity index (χ0n) is 13.3. The van der Waals surface area contributed by atoms with Crippen LogP contribution < -0.4 is 10.6 Å². The molecule has 0 aliphatic rings. The van der Waals surface area contributed by atoms with Crippen molar-refractivity contribution < 1.29 is 11.3 Å². The molecule has 0 bridgehead atoms. The van der Waals surface area contributed by atoms with Gasteiger partial charge in [-0.1, -0.05) is 0 Å². The highest BCUT2D eigenvalue weighted by Crippen LogP contribution is 2.17. The van der Waals surface area contributed by atoms with Gasteiger partial charge >= 0.3 is 5.97 Å². The largest absolute Gasteiger partial charge is 0.478 e. The molecule has 8 nitrogen and oxygen atoms in total. The van der Waals surface area contributed by atoms with E-state index in [4.69, 9.17) is 12.2 Å². The molecule has 1 aromatic carbocycles. The smallest absolute Gasteiger partial charge is 0.335 e. The lowest BCUT2D eigenvalue weighted by Crippen LogP contribution is -2.17. The van der Waals surface area contributed by atoms with Crippen LogP contribution in [0.4, 0.5) is 11.5 Å². The van der Waals surface area contributed by atoms with Crippen molar-refractivity contribution in [3.63, 3.8) is 0 Å². The first-order valence-corrected chi connectivity index (χ1v) is 6.74. The SMILES string of the molecule is [2H]c1nc2ncnc(N)c2nc1CN(C)c1ccc(C(=O)O)cc1. The number of nitrogens with two attached hydrogens (primary N) is 1. The fraction of sp³-hybridized carbons (Fsp3) is 0.133. The van der Waals surface area contributed by atoms with Gasteiger partial charge in [-0.3, -0.25) is 0 Å². The van der Waals surface area contributed by atoms with Crippen LogP contribution in [0.15, 0.2) is 36.8 Å². The van der Waals surface area contributed by atoms with Crippen LogP contribution in [-0.4, -0.2) is 38.1 Å². The van der Waals surface area contributed by atoms with Gasteiger partial charge < -0.3 is 15.7 Å². The number of rotatable bonds is 4. The quantitative estimate of drug-likeness (QED) is 0.741. The third-order valence-electron chi connectivity index (χ3n) is 3.31. The van der Waals surface area contributed by atoms with E-state index in [1.54, 1.807) is 12.1 Å². The van der Waals surface area contributed by atoms with E-state index in [-0.39, 0.29) is 23.2 Å². The Hall–Kier alpha value is -3.29. The number of nitrogens with zero attached hydrogens (tertiary/aromatic N) is 5. The summed E-state index contributed by atoms with van der Waals surface area (Å²) in [6.07, 6.45) is 1.29. The standard InChI is InChI=1S/C15H14N6O2/c1-21(11-4-2-9(3-5-11)15(22)23)7-10-6-17-14-12(20-10)13(16)18-8-19-14/h2-6,8H,7H2,1H3,(H,22,23)(H2,16,17,18,19)/i6D. The number of hydrogen-bond acceptors (Lipinski definition) is 7. The Labute approximate surface area is 133 Å². The summed E-state index contributed by atoms with van der Waals surface area (Å²) in [6.45, 7) is 0.308. The number of hydrogen-bond donors (Lipinski definition) is 2. The maximum Gasteiger partial charge on any atom is 0.335 e. The van der Waals surface area contributed by atoms with E-state index < -0.39 is 5.97 Å². The number of carboxylic acid groups (broad SMARTS) is 1. The van der Waals surface area contributed by atoms with Crippen LogP contribution in [0.5, 0.6) is 0 Å². The summed E-state index contributed by atoms with van der Waals surface area (Å²) in [6, 6.07) is 6.43. The Morgan fingerprint density at radius 3 is 2.74 bits per heavy atom. The van der Waals surface area contributed by atoms with Gasteiger partial charge in [0.25, 0.3) is 0 Å². The molecule has 0 radical (unpaired) electrons. The number of aromatic nitrogens is 4. The molecule has 2 heterocycles. The first-order valence-electron chi connectivity index (χ1n) is 7.24. The van der Waals surface area contributed by atoms with Crippen molar-refractivity contribution in [3.05, 3.63) is 48.0 Å². The molecule has 0 aliphatic carbocycles. The maximum atomic E-state index is 10.9. The van der Waals surface area contributed by atoms with Gasteiger partial charge in [0, 0.05) is 12.7 Å². The second kappa shape index (κ2) is 5.84. The van der Waals surface area contributed by atoms with Crippen molar-refractivity contribution in [1.82, 2.24) is 19.9 Å². The average molecular weight is 311 g/mol. The molecule has 0 fully saturated rings. The minimum absolute atomic E-state index is 0.00889. The Bertz CT molecular complexity index is 916. The topological polar surface area (TPSA) is 118 Å². The van der Waals surface area contributed by atoms with Gasteiger partial charge in [-0.25, -0.2) is 24.7 Å². The van der Waals surface area contributed by atoms with E-state index in [0.717, 1.165) is 5.69 Å². The highest BCUT2D eigenvalue weighted by molar-refractivity contribution is 5.88. The second-order valence-electron chi connectivity index (χ2n) is 4.92. The number of nitrogen functional groups attached to an aromatic ring is 1. The number of aromatic carboxylic acids is 1. The number of benzene rings is 1. The van der Waals surface area contributed by atoms with Crippen molar-refractivity contribution in [3.8, 4) is 0 Å². The van der Waals surface area contributed by atoms with Gasteiger partial charge in [0.2, 0.25) is 0 Å². The lowest BCUT2D eigenvalue weighted by Gasteiger charge is -2.19. The number of carbonyl (C=O) groups is 1. The molecule has 0 unspecified atom stereocenters. The van der Waals surface area contributed by atoms with Gasteiger partial charge in [-0.2, -0.15) is 0 Å². The molecule has 3 aromatic rings. The van der Waals surface area contributed by atoms with E-state index in [1.807, 2.05) is 11.9 Å². The van der Waals surface area contributed by atoms with E-state index in [1.165, 1.54) is 18.5 Å². The highest BCUT2D eigenvalue weighted by Gasteiger charge is 2.09. The van der Waals surface area contributed by atoms with E-state index >= 15 is 0 Å². The average Bonchev–Trinajstić information content (AvgIpc) is 2.56. The third kappa shape index (κ3) is 3.00. The molecular formula is C15H14N6O2. The van der Waals surface area contributed by atoms with Crippen LogP contribution in [-0.2, 0) is 6.54 Å². The maximum absolute atomic E-state index is 10.9. The van der Waals surface area contributed by atoms with Crippen molar-refractivity contribution in [2.24, 2.45) is 0 Å². The molecule has 0 saturated carbocycles. The monoisotopic (exact) mass is 311 g/mol. The molecule has 0 saturated heterocycles. The molecule has 23 heavy (non-hydrogen) atoms. The molecule has 0 amide bonds. The lowest BCUT2D eigenvalue weighted by molar-refractivity contribution is 0.0697. The number of carboxylic acids is 1. The summed E-state index contributed by atoms with van der Waals surface area (Å²) in [5.41, 5.74) is 7.85. The molecule has 116 valence electrons. The molecule has 3 N–H and O–H groups in total. The molecule has 2 aromatic heterocycles. The Morgan fingerprint density at radius 2 is 2.04 bits per heavy atom. The summed E-state index contributed by atoms with van der Waals surface area (Å²) in [5.74, 6) is -0.768. The Morgan fingerprint density at radius 1 is 1.30 bits per heavy atom. The van der Waals surface area contributed by atoms with Crippen LogP contribution in [0.3, 0.4) is 0 Å². The van der Waals surface area contributed by atoms with Crippen LogP contribution >= 0.6 is 0 Å². The molecule has 0 spiro atoms. The minimum atomic E-state index is -0.978. The molecule has 8 heteroatoms. The van der Waals surface area contributed by atoms with Gasteiger partial charge in [0.1, 0.15) is 6.33 Å². The highest BCUT2D eigenvalue weighted by atomic mass is 16.4. The normalized spacial score (nSPS) is 11.3. The van der Waals surface area contributed by atoms with Gasteiger partial charge in [0.05, 0.1) is 25.3 Å². The second-order valence-corrected chi connectivity index (χ2v) is 4.92. The van der Waals surface area contributed by atoms with Crippen molar-refractivity contribution in [2.45, 2.75) is 6.54 Å². The fourth-order valence-corrected chi connectivity index (χ4v) is 2.09. The van der Waals surface area contributed by atoms with Gasteiger partial charge in [-0.15, -0.1) is 0 Å². The summed E-state index contributed by atoms with van der Waals surface area (Å²) in [4.78, 5) is 29.0. The Balaban J connectivity index is 1.89. The first-order chi connectivity index (χ1) is 11.5. The van der Waals surface area contributed by atoms with Crippen LogP contribution in [0.25, 0.3) is 11.2 Å². The molecular weight excluding hydrogens is 296 g/mol. The number of anilines is 2. The molecule has 0 aliphatic heterocycles. The van der Waals surface area contributed by atoms with Crippen LogP contribution in [0, 0.1) is 0 Å². The number of fused-ring (bicyclic) bond motifs is 1. The summed E-state index contributed by atoms with van der Waals surface area (Å²) >= 11 is 0. The summed E-state index contributed by atoms with van der Waals surface area (Å²) < 4.78 is 7.99. The van der Waals surface area contributed by atoms with Crippen molar-refractivity contribution >= 4 is 28.6 Å². The lowest BCUT2D eigenvalue weighted by atomic mass is 10.2. The van der Waals surface area contributed by atoms with Gasteiger partial charge in [-0.05, 0) is 24.3 Å². The zero-order valence-corrected chi connectivity index (χ0v) is 12.3. The van der Waals surface area contributed by atoms with Crippen molar-refractivity contribution in [2.75, 3.05) is 17.7 Å². The van der Waals surface area contributed by atoms with Crippen LogP contribution in [0.1, 0.15) is 17.4 Å². The zero-order chi connectivity index (χ0) is 17.3. The first kappa shape index (κ1) is 13.4. The van der Waals surface area contributed by atoms with Crippen molar-refractivity contribution in [1.29, 1.82) is 0 Å². The minimum Gasteiger partial charge on any atom is -0.478 e. The molecule has 3 rings (SSSR count). The summed E-state index contributed by atoms with van der Waals surface area (Å²) in [7, 11) is 1.81. The Kier molecular flexibility index (Phi) is 3.39. The van der Waals surface area contributed by atoms with Crippen LogP contribution in [0.2, 0.25) is 0 Å². The fourth-order valence-electron chi connectivity index (χ4n) is 2.09. The predicted octanol–water partition coefficient (Wildman–Crippen LogP) is 1.34. The third-order valence-corrected chi connectivity index (χ3v) is 3.31. The predicted molar refractivity (Wildman–Crippen MR) is 85.0 cm³/mol. The van der Waals surface area contributed by atoms with E-state index in [2.05, 4.69) is 19.9 Å².